The maximum atomic E-state index is 14.0. The molecule has 62 heavy (non-hydrogen) atoms. The zero-order valence-electron chi connectivity index (χ0n) is 35.6. The highest BCUT2D eigenvalue weighted by molar-refractivity contribution is 6.09. The molecule has 3 aliphatic rings. The number of carbonyl (C=O) groups excluding carboxylic acids is 4. The highest BCUT2D eigenvalue weighted by Gasteiger charge is 2.39. The second kappa shape index (κ2) is 17.6. The number of hydrogen-bond donors (Lipinski definition) is 4. The lowest BCUT2D eigenvalue weighted by atomic mass is 9.92. The molecule has 2 saturated heterocycles. The van der Waals surface area contributed by atoms with Crippen molar-refractivity contribution in [1.29, 1.82) is 0 Å². The van der Waals surface area contributed by atoms with Crippen LogP contribution in [-0.2, 0) is 25.7 Å². The Morgan fingerprint density at radius 1 is 0.871 bits per heavy atom. The smallest absolute Gasteiger partial charge is 0.407 e. The fourth-order valence-corrected chi connectivity index (χ4v) is 8.89. The molecule has 2 fully saturated rings. The Hall–Kier alpha value is -6.90. The van der Waals surface area contributed by atoms with E-state index in [1.54, 1.807) is 23.2 Å². The van der Waals surface area contributed by atoms with Crippen molar-refractivity contribution < 1.29 is 33.4 Å². The molecule has 0 aliphatic carbocycles. The van der Waals surface area contributed by atoms with E-state index in [2.05, 4.69) is 63.6 Å². The minimum absolute atomic E-state index is 0.128. The van der Waals surface area contributed by atoms with Crippen LogP contribution in [0.5, 0.6) is 5.75 Å². The standard InChI is InChI=1S/C47H52N8O7/c1-7-8-9-12-27(4)39(53-47(59)61-6)45(57)54-21-10-13-36(54)42-48-24-35(50-42)28-15-16-30-29(23-28)25-62-41-32(30)18-17-31-33(41)19-20-34-40(31)51-43(49-34)37-14-11-22-55(37)44(56)38(26(2)3)52-46(58)60-5/h7-9,12,15-20,23-24,26,36-39H,4,10-11,13-14,21-22,25H2,1-3,5-6H3,(H,48,50)(H,49,51)(H,52,58)(H,53,59)/b8-7-,12-9-/t36-,37-,38-,39+/m0/s1. The molecule has 3 aliphatic heterocycles. The number of likely N-dealkylation sites (tertiary alicyclic amines) is 2. The van der Waals surface area contributed by atoms with Crippen LogP contribution in [0.25, 0.3) is 44.2 Å². The Balaban J connectivity index is 1.02. The fraction of sp³-hybridized carbons (Fsp3) is 0.362. The summed E-state index contributed by atoms with van der Waals surface area (Å²) in [6.07, 6.45) is 10.7. The van der Waals surface area contributed by atoms with Crippen LogP contribution >= 0.6 is 0 Å². The van der Waals surface area contributed by atoms with E-state index < -0.39 is 24.3 Å². The van der Waals surface area contributed by atoms with Crippen molar-refractivity contribution in [2.45, 2.75) is 77.2 Å². The number of aromatic amines is 2. The van der Waals surface area contributed by atoms with E-state index in [1.165, 1.54) is 14.2 Å². The first-order valence-electron chi connectivity index (χ1n) is 21.1. The van der Waals surface area contributed by atoms with Crippen molar-refractivity contribution in [3.8, 4) is 28.1 Å². The lowest BCUT2D eigenvalue weighted by molar-refractivity contribution is -0.135. The summed E-state index contributed by atoms with van der Waals surface area (Å²) < 4.78 is 16.1. The third kappa shape index (κ3) is 7.90. The number of nitrogens with one attached hydrogen (secondary N) is 4. The third-order valence-electron chi connectivity index (χ3n) is 12.1. The van der Waals surface area contributed by atoms with Gasteiger partial charge in [0, 0.05) is 29.4 Å². The number of alkyl carbamates (subject to hydrolysis) is 2. The van der Waals surface area contributed by atoms with Gasteiger partial charge in [-0.3, -0.25) is 9.59 Å². The molecule has 0 radical (unpaired) electrons. The van der Waals surface area contributed by atoms with E-state index in [9.17, 15) is 19.2 Å². The lowest BCUT2D eigenvalue weighted by Crippen LogP contribution is -2.51. The zero-order chi connectivity index (χ0) is 43.7. The predicted molar refractivity (Wildman–Crippen MR) is 235 cm³/mol. The van der Waals surface area contributed by atoms with Crippen molar-refractivity contribution in [3.63, 3.8) is 0 Å². The summed E-state index contributed by atoms with van der Waals surface area (Å²) in [6.45, 7) is 11.2. The molecule has 0 spiro atoms. The number of imidazole rings is 2. The molecule has 322 valence electrons. The van der Waals surface area contributed by atoms with E-state index in [-0.39, 0.29) is 29.8 Å². The van der Waals surface area contributed by atoms with Crippen molar-refractivity contribution >= 4 is 45.8 Å². The molecule has 15 heteroatoms. The Kier molecular flexibility index (Phi) is 11.9. The molecule has 4 atom stereocenters. The van der Waals surface area contributed by atoms with Crippen LogP contribution in [0.2, 0.25) is 0 Å². The van der Waals surface area contributed by atoms with E-state index in [4.69, 9.17) is 24.2 Å². The van der Waals surface area contributed by atoms with E-state index >= 15 is 0 Å². The highest BCUT2D eigenvalue weighted by Crippen LogP contribution is 2.45. The maximum Gasteiger partial charge on any atom is 0.407 e. The third-order valence-corrected chi connectivity index (χ3v) is 12.1. The van der Waals surface area contributed by atoms with E-state index in [0.717, 1.165) is 74.8 Å². The quantitative estimate of drug-likeness (QED) is 0.0965. The number of amides is 4. The number of H-pyrrole nitrogens is 2. The van der Waals surface area contributed by atoms with Gasteiger partial charge in [-0.05, 0) is 85.1 Å². The molecule has 8 rings (SSSR count). The summed E-state index contributed by atoms with van der Waals surface area (Å²) in [4.78, 5) is 72.4. The van der Waals surface area contributed by atoms with Gasteiger partial charge in [-0.25, -0.2) is 19.6 Å². The van der Waals surface area contributed by atoms with Crippen molar-refractivity contribution in [3.05, 3.63) is 102 Å². The van der Waals surface area contributed by atoms with Gasteiger partial charge in [-0.2, -0.15) is 0 Å². The van der Waals surface area contributed by atoms with Crippen LogP contribution < -0.4 is 15.4 Å². The van der Waals surface area contributed by atoms with Gasteiger partial charge in [-0.15, -0.1) is 0 Å². The van der Waals surface area contributed by atoms with Crippen LogP contribution in [0.1, 0.15) is 75.8 Å². The largest absolute Gasteiger partial charge is 0.488 e. The second-order valence-electron chi connectivity index (χ2n) is 16.2. The van der Waals surface area contributed by atoms with Crippen molar-refractivity contribution in [2.75, 3.05) is 27.3 Å². The molecule has 4 N–H and O–H groups in total. The SMILES string of the molecule is C=C(/C=C\C=C/C)[C@@H](NC(=O)OC)C(=O)N1CCC[C@H]1c1ncc(-c2ccc3c(c2)COc2c-3ccc3c2ccc2[nH]c([C@@H]4CCCN4C(=O)[C@@H](NC(=O)OC)C(C)C)nc23)[nH]1. The van der Waals surface area contributed by atoms with Crippen molar-refractivity contribution in [2.24, 2.45) is 5.92 Å². The Morgan fingerprint density at radius 2 is 1.56 bits per heavy atom. The topological polar surface area (TPSA) is 184 Å². The van der Waals surface area contributed by atoms with Crippen LogP contribution in [-0.4, -0.2) is 93.1 Å². The molecule has 2 aromatic heterocycles. The van der Waals surface area contributed by atoms with Crippen molar-refractivity contribution in [1.82, 2.24) is 40.4 Å². The molecule has 15 nitrogen and oxygen atoms in total. The minimum atomic E-state index is -0.996. The van der Waals surface area contributed by atoms with Gasteiger partial charge in [0.2, 0.25) is 5.91 Å². The first-order valence-corrected chi connectivity index (χ1v) is 21.1. The number of fused-ring (bicyclic) bond motifs is 7. The summed E-state index contributed by atoms with van der Waals surface area (Å²) >= 11 is 0. The monoisotopic (exact) mass is 840 g/mol. The summed E-state index contributed by atoms with van der Waals surface area (Å²) in [7, 11) is 2.55. The minimum Gasteiger partial charge on any atom is -0.488 e. The number of rotatable bonds is 11. The van der Waals surface area contributed by atoms with Gasteiger partial charge in [0.25, 0.3) is 5.91 Å². The van der Waals surface area contributed by atoms with Gasteiger partial charge >= 0.3 is 12.2 Å². The lowest BCUT2D eigenvalue weighted by Gasteiger charge is -2.29. The van der Waals surface area contributed by atoms with Crippen LogP contribution in [0.15, 0.2) is 85.1 Å². The number of nitrogens with zero attached hydrogens (tertiary/aromatic N) is 4. The fourth-order valence-electron chi connectivity index (χ4n) is 8.89. The van der Waals surface area contributed by atoms with Gasteiger partial charge in [0.1, 0.15) is 36.1 Å². The molecule has 5 heterocycles. The average molecular weight is 841 g/mol. The van der Waals surface area contributed by atoms with Gasteiger partial charge in [0.15, 0.2) is 0 Å². The summed E-state index contributed by atoms with van der Waals surface area (Å²) in [5, 5.41) is 7.26. The summed E-state index contributed by atoms with van der Waals surface area (Å²) in [5.74, 6) is 1.60. The molecule has 0 bridgehead atoms. The zero-order valence-corrected chi connectivity index (χ0v) is 35.6. The van der Waals surface area contributed by atoms with Gasteiger partial charge in [-0.1, -0.05) is 62.9 Å². The van der Waals surface area contributed by atoms with E-state index in [0.29, 0.717) is 43.3 Å². The molecule has 0 saturated carbocycles. The van der Waals surface area contributed by atoms with Crippen LogP contribution in [0.4, 0.5) is 9.59 Å². The number of hydrogen-bond acceptors (Lipinski definition) is 9. The normalized spacial score (nSPS) is 18.2. The second-order valence-corrected chi connectivity index (χ2v) is 16.2. The molecular formula is C47H52N8O7. The summed E-state index contributed by atoms with van der Waals surface area (Å²) in [5.41, 5.74) is 6.93. The summed E-state index contributed by atoms with van der Waals surface area (Å²) in [6, 6.07) is 12.2. The molecule has 4 amide bonds. The Labute approximate surface area is 359 Å². The number of benzene rings is 3. The number of aromatic nitrogens is 4. The first kappa shape index (κ1) is 41.8. The Morgan fingerprint density at radius 3 is 2.29 bits per heavy atom. The number of ether oxygens (including phenoxy) is 3. The number of carbonyl (C=O) groups is 4. The number of allylic oxidation sites excluding steroid dienone is 3. The maximum absolute atomic E-state index is 14.0. The number of methoxy groups -OCH3 is 2. The van der Waals surface area contributed by atoms with Crippen LogP contribution in [0, 0.1) is 5.92 Å². The molecule has 3 aromatic carbocycles. The molecular weight excluding hydrogens is 789 g/mol. The predicted octanol–water partition coefficient (Wildman–Crippen LogP) is 7.79. The van der Waals surface area contributed by atoms with Gasteiger partial charge in [0.05, 0.1) is 49.2 Å². The van der Waals surface area contributed by atoms with Crippen LogP contribution in [0.3, 0.4) is 0 Å². The Bertz CT molecular complexity index is 2620. The molecule has 5 aromatic rings. The van der Waals surface area contributed by atoms with Gasteiger partial charge < -0.3 is 44.6 Å². The highest BCUT2D eigenvalue weighted by atomic mass is 16.5. The average Bonchev–Trinajstić information content (AvgIpc) is 4.12. The van der Waals surface area contributed by atoms with E-state index in [1.807, 2.05) is 43.9 Å². The first-order chi connectivity index (χ1) is 30.0. The molecule has 0 unspecified atom stereocenters.